The molecule has 0 amide bonds. The van der Waals surface area contributed by atoms with Crippen molar-refractivity contribution in [1.29, 1.82) is 0 Å². The van der Waals surface area contributed by atoms with E-state index in [1.165, 1.54) is 43.8 Å². The summed E-state index contributed by atoms with van der Waals surface area (Å²) in [5.41, 5.74) is 16.3. The maximum absolute atomic E-state index is 11.2. The minimum atomic E-state index is -0.359. The van der Waals surface area contributed by atoms with Gasteiger partial charge in [-0.25, -0.2) is 0 Å². The van der Waals surface area contributed by atoms with Crippen molar-refractivity contribution in [2.45, 2.75) is 149 Å². The highest BCUT2D eigenvalue weighted by Gasteiger charge is 2.45. The number of piperidine rings is 2. The van der Waals surface area contributed by atoms with Gasteiger partial charge in [-0.05, 0) is 158 Å². The standard InChI is InChI=1S/C36H55N3O2/c1-11-22(2)23-12-14-27-29(16-23)31(24-18-33(3,4)38(40)34(5,6)19-24)28-15-13-26(37)17-30(28)32(27)25-20-35(7,8)39(41)36(9,10)21-25/h16-17,22,40-41H,11-15,18-21,37H2,1-10H3. The van der Waals surface area contributed by atoms with Crippen LogP contribution < -0.4 is 16.2 Å². The SMILES string of the molecule is CCC(C)C1=Cc2c(c(=C3CC(C)(C)N(O)C(C)(C)C3)c3c(c2=C2CC(C)(C)N(O)C(C)(C)C2)CCC(N)=C3)CC1. The molecule has 1 atom stereocenters. The Balaban J connectivity index is 1.96. The molecule has 0 spiro atoms. The zero-order valence-electron chi connectivity index (χ0n) is 27.5. The largest absolute Gasteiger partial charge is 0.402 e. The molecule has 5 rings (SSSR count). The first-order valence-corrected chi connectivity index (χ1v) is 16.0. The lowest BCUT2D eigenvalue weighted by Gasteiger charge is -2.50. The normalized spacial score (nSPS) is 26.1. The summed E-state index contributed by atoms with van der Waals surface area (Å²) in [7, 11) is 0. The molecule has 2 saturated heterocycles. The Morgan fingerprint density at radius 2 is 1.07 bits per heavy atom. The first-order valence-electron chi connectivity index (χ1n) is 16.0. The summed E-state index contributed by atoms with van der Waals surface area (Å²) >= 11 is 0. The maximum Gasteiger partial charge on any atom is 0.0447 e. The van der Waals surface area contributed by atoms with Gasteiger partial charge in [-0.1, -0.05) is 36.6 Å². The maximum atomic E-state index is 11.2. The van der Waals surface area contributed by atoms with Gasteiger partial charge in [0.25, 0.3) is 0 Å². The summed E-state index contributed by atoms with van der Waals surface area (Å²) in [4.78, 5) is 0. The summed E-state index contributed by atoms with van der Waals surface area (Å²) in [5.74, 6) is 0.561. The van der Waals surface area contributed by atoms with Crippen LogP contribution in [0.5, 0.6) is 0 Å². The first-order chi connectivity index (χ1) is 18.9. The van der Waals surface area contributed by atoms with E-state index in [0.717, 1.165) is 63.5 Å². The van der Waals surface area contributed by atoms with Crippen molar-refractivity contribution in [3.63, 3.8) is 0 Å². The molecule has 4 aliphatic rings. The predicted molar refractivity (Wildman–Crippen MR) is 171 cm³/mol. The molecule has 4 N–H and O–H groups in total. The fourth-order valence-electron chi connectivity index (χ4n) is 8.75. The van der Waals surface area contributed by atoms with Gasteiger partial charge in [-0.15, -0.1) is 0 Å². The number of hydroxylamine groups is 4. The van der Waals surface area contributed by atoms with Crippen LogP contribution in [-0.4, -0.2) is 42.7 Å². The van der Waals surface area contributed by atoms with Crippen LogP contribution in [0.1, 0.15) is 136 Å². The number of hydrogen-bond acceptors (Lipinski definition) is 5. The van der Waals surface area contributed by atoms with Gasteiger partial charge in [-0.2, -0.15) is 10.1 Å². The van der Waals surface area contributed by atoms with Crippen molar-refractivity contribution in [2.24, 2.45) is 11.7 Å². The van der Waals surface area contributed by atoms with E-state index in [9.17, 15) is 10.4 Å². The fourth-order valence-corrected chi connectivity index (χ4v) is 8.75. The van der Waals surface area contributed by atoms with Crippen molar-refractivity contribution in [3.8, 4) is 0 Å². The van der Waals surface area contributed by atoms with Gasteiger partial charge in [0.1, 0.15) is 0 Å². The minimum Gasteiger partial charge on any atom is -0.402 e. The molecule has 2 fully saturated rings. The molecule has 0 saturated carbocycles. The summed E-state index contributed by atoms with van der Waals surface area (Å²) in [5, 5.41) is 28.4. The second kappa shape index (κ2) is 10.1. The molecule has 0 radical (unpaired) electrons. The Kier molecular flexibility index (Phi) is 7.51. The number of rotatable bonds is 2. The third-order valence-electron chi connectivity index (χ3n) is 10.6. The van der Waals surface area contributed by atoms with Crippen molar-refractivity contribution < 1.29 is 10.4 Å². The van der Waals surface area contributed by atoms with Crippen LogP contribution in [0.4, 0.5) is 0 Å². The van der Waals surface area contributed by atoms with Gasteiger partial charge < -0.3 is 16.1 Å². The van der Waals surface area contributed by atoms with Crippen LogP contribution in [0.2, 0.25) is 0 Å². The van der Waals surface area contributed by atoms with Gasteiger partial charge in [-0.3, -0.25) is 0 Å². The van der Waals surface area contributed by atoms with Crippen molar-refractivity contribution in [2.75, 3.05) is 0 Å². The van der Waals surface area contributed by atoms with Crippen LogP contribution in [-0.2, 0) is 12.8 Å². The molecule has 2 aliphatic carbocycles. The zero-order valence-corrected chi connectivity index (χ0v) is 27.5. The highest BCUT2D eigenvalue weighted by atomic mass is 16.5. The first kappa shape index (κ1) is 30.5. The number of nitrogens with two attached hydrogens (primary N) is 1. The molecular weight excluding hydrogens is 506 g/mol. The highest BCUT2D eigenvalue weighted by molar-refractivity contribution is 5.75. The summed E-state index contributed by atoms with van der Waals surface area (Å²) in [6.07, 6.45) is 13.3. The molecule has 1 unspecified atom stereocenters. The molecule has 226 valence electrons. The number of allylic oxidation sites excluding steroid dienone is 2. The summed E-state index contributed by atoms with van der Waals surface area (Å²) < 4.78 is 0. The Morgan fingerprint density at radius 1 is 0.683 bits per heavy atom. The molecule has 1 aromatic carbocycles. The number of hydrogen-bond donors (Lipinski definition) is 3. The number of benzene rings is 1. The average molecular weight is 562 g/mol. The topological polar surface area (TPSA) is 73.0 Å². The molecule has 41 heavy (non-hydrogen) atoms. The van der Waals surface area contributed by atoms with Crippen LogP contribution in [0.25, 0.3) is 23.3 Å². The van der Waals surface area contributed by atoms with Crippen LogP contribution in [0.15, 0.2) is 11.3 Å². The van der Waals surface area contributed by atoms with Gasteiger partial charge in [0.05, 0.1) is 0 Å². The molecule has 2 aliphatic heterocycles. The lowest BCUT2D eigenvalue weighted by Crippen LogP contribution is -2.58. The summed E-state index contributed by atoms with van der Waals surface area (Å²) in [6, 6.07) is 0. The van der Waals surface area contributed by atoms with Gasteiger partial charge in [0.15, 0.2) is 0 Å². The van der Waals surface area contributed by atoms with E-state index >= 15 is 0 Å². The second-order valence-corrected chi connectivity index (χ2v) is 16.1. The third kappa shape index (κ3) is 5.15. The van der Waals surface area contributed by atoms with Crippen molar-refractivity contribution in [1.82, 2.24) is 10.1 Å². The average Bonchev–Trinajstić information content (AvgIpc) is 2.87. The predicted octanol–water partition coefficient (Wildman–Crippen LogP) is 6.69. The van der Waals surface area contributed by atoms with E-state index in [1.807, 2.05) is 0 Å². The van der Waals surface area contributed by atoms with E-state index in [2.05, 4.69) is 81.4 Å². The second-order valence-electron chi connectivity index (χ2n) is 16.1. The molecule has 2 heterocycles. The quantitative estimate of drug-likeness (QED) is 0.375. The smallest absolute Gasteiger partial charge is 0.0447 e. The Hall–Kier alpha value is -1.92. The van der Waals surface area contributed by atoms with Crippen LogP contribution in [0.3, 0.4) is 0 Å². The monoisotopic (exact) mass is 561 g/mol. The Bertz CT molecular complexity index is 1400. The molecule has 0 bridgehead atoms. The molecular formula is C36H55N3O2. The highest BCUT2D eigenvalue weighted by Crippen LogP contribution is 2.43. The number of fused-ring (bicyclic) bond motifs is 2. The van der Waals surface area contributed by atoms with E-state index < -0.39 is 0 Å². The van der Waals surface area contributed by atoms with Gasteiger partial charge >= 0.3 is 0 Å². The van der Waals surface area contributed by atoms with Crippen LogP contribution >= 0.6 is 0 Å². The molecule has 0 aromatic heterocycles. The van der Waals surface area contributed by atoms with Gasteiger partial charge in [0.2, 0.25) is 0 Å². The lowest BCUT2D eigenvalue weighted by atomic mass is 9.71. The Morgan fingerprint density at radius 3 is 1.49 bits per heavy atom. The van der Waals surface area contributed by atoms with Crippen molar-refractivity contribution >= 4 is 23.3 Å². The third-order valence-corrected chi connectivity index (χ3v) is 10.6. The van der Waals surface area contributed by atoms with E-state index in [1.54, 1.807) is 15.7 Å². The lowest BCUT2D eigenvalue weighted by molar-refractivity contribution is -0.228. The Labute approximate surface area is 248 Å². The number of nitrogens with zero attached hydrogens (tertiary/aromatic N) is 2. The minimum absolute atomic E-state index is 0.353. The zero-order chi connectivity index (χ0) is 30.3. The van der Waals surface area contributed by atoms with E-state index in [-0.39, 0.29) is 22.2 Å². The summed E-state index contributed by atoms with van der Waals surface area (Å²) in [6.45, 7) is 22.0. The molecule has 5 nitrogen and oxygen atoms in total. The van der Waals surface area contributed by atoms with E-state index in [0.29, 0.717) is 5.92 Å². The fraction of sp³-hybridized carbons (Fsp3) is 0.667. The molecule has 1 aromatic rings. The van der Waals surface area contributed by atoms with Gasteiger partial charge in [0, 0.05) is 27.9 Å². The molecule has 5 heteroatoms. The van der Waals surface area contributed by atoms with E-state index in [4.69, 9.17) is 5.73 Å². The van der Waals surface area contributed by atoms with Crippen LogP contribution in [0, 0.1) is 5.92 Å². The van der Waals surface area contributed by atoms with Crippen molar-refractivity contribution in [3.05, 3.63) is 44.0 Å².